The van der Waals surface area contributed by atoms with Crippen LogP contribution >= 0.6 is 11.6 Å². The van der Waals surface area contributed by atoms with Crippen LogP contribution in [0.4, 0.5) is 5.69 Å². The Labute approximate surface area is 187 Å². The fourth-order valence-corrected chi connectivity index (χ4v) is 3.14. The highest BCUT2D eigenvalue weighted by Crippen LogP contribution is 2.24. The van der Waals surface area contributed by atoms with Crippen molar-refractivity contribution >= 4 is 29.3 Å². The highest BCUT2D eigenvalue weighted by atomic mass is 35.5. The van der Waals surface area contributed by atoms with Crippen LogP contribution in [0.15, 0.2) is 66.2 Å². The van der Waals surface area contributed by atoms with E-state index in [1.807, 2.05) is 37.3 Å². The van der Waals surface area contributed by atoms with Crippen molar-refractivity contribution in [2.45, 2.75) is 27.4 Å². The molecule has 3 aromatic carbocycles. The largest absolute Gasteiger partial charge is 0.489 e. The second-order valence-corrected chi connectivity index (χ2v) is 7.72. The van der Waals surface area contributed by atoms with Gasteiger partial charge in [-0.2, -0.15) is 5.26 Å². The van der Waals surface area contributed by atoms with Crippen LogP contribution in [0.1, 0.15) is 27.8 Å². The minimum absolute atomic E-state index is 0.00294. The summed E-state index contributed by atoms with van der Waals surface area (Å²) in [6, 6.07) is 20.7. The third kappa shape index (κ3) is 5.75. The summed E-state index contributed by atoms with van der Waals surface area (Å²) < 4.78 is 5.85. The predicted molar refractivity (Wildman–Crippen MR) is 125 cm³/mol. The SMILES string of the molecule is Cc1ccc(COc2ccc(/C=C(\C#N)C(=O)Nc3cccc(Cl)c3C)cc2)cc1C. The number of hydrogen-bond donors (Lipinski definition) is 1. The first-order valence-corrected chi connectivity index (χ1v) is 10.2. The monoisotopic (exact) mass is 430 g/mol. The molecule has 0 saturated carbocycles. The Kier molecular flexibility index (Phi) is 7.12. The molecule has 4 nitrogen and oxygen atoms in total. The molecule has 0 aromatic heterocycles. The van der Waals surface area contributed by atoms with E-state index in [0.717, 1.165) is 16.7 Å². The van der Waals surface area contributed by atoms with Crippen LogP contribution in [0.3, 0.4) is 0 Å². The summed E-state index contributed by atoms with van der Waals surface area (Å²) >= 11 is 6.09. The van der Waals surface area contributed by atoms with E-state index in [-0.39, 0.29) is 5.57 Å². The molecule has 3 rings (SSSR count). The third-order valence-electron chi connectivity index (χ3n) is 5.05. The Hall–Kier alpha value is -3.55. The number of nitrogens with zero attached hydrogens (tertiary/aromatic N) is 1. The van der Waals surface area contributed by atoms with E-state index >= 15 is 0 Å². The summed E-state index contributed by atoms with van der Waals surface area (Å²) in [6.07, 6.45) is 1.54. The second-order valence-electron chi connectivity index (χ2n) is 7.31. The van der Waals surface area contributed by atoms with Crippen LogP contribution in [0, 0.1) is 32.1 Å². The topological polar surface area (TPSA) is 62.1 Å². The Morgan fingerprint density at radius 1 is 1.06 bits per heavy atom. The zero-order valence-electron chi connectivity index (χ0n) is 17.7. The van der Waals surface area contributed by atoms with Crippen molar-refractivity contribution in [2.75, 3.05) is 5.32 Å². The smallest absolute Gasteiger partial charge is 0.266 e. The Morgan fingerprint density at radius 2 is 1.81 bits per heavy atom. The minimum atomic E-state index is -0.483. The Morgan fingerprint density at radius 3 is 2.48 bits per heavy atom. The fourth-order valence-electron chi connectivity index (χ4n) is 2.97. The number of aryl methyl sites for hydroxylation is 2. The second kappa shape index (κ2) is 9.97. The van der Waals surface area contributed by atoms with E-state index in [2.05, 4.69) is 37.4 Å². The molecule has 1 amide bonds. The number of hydrogen-bond acceptors (Lipinski definition) is 3. The van der Waals surface area contributed by atoms with E-state index in [4.69, 9.17) is 16.3 Å². The maximum atomic E-state index is 12.5. The number of carbonyl (C=O) groups excluding carboxylic acids is 1. The van der Waals surface area contributed by atoms with Gasteiger partial charge < -0.3 is 10.1 Å². The number of nitriles is 1. The molecule has 0 aliphatic carbocycles. The van der Waals surface area contributed by atoms with Crippen molar-refractivity contribution in [3.8, 4) is 11.8 Å². The van der Waals surface area contributed by atoms with E-state index in [1.165, 1.54) is 11.1 Å². The van der Waals surface area contributed by atoms with Gasteiger partial charge in [-0.15, -0.1) is 0 Å². The molecule has 0 fully saturated rings. The highest BCUT2D eigenvalue weighted by molar-refractivity contribution is 6.31. The molecule has 0 heterocycles. The van der Waals surface area contributed by atoms with Crippen LogP contribution < -0.4 is 10.1 Å². The predicted octanol–water partition coefficient (Wildman–Crippen LogP) is 6.39. The van der Waals surface area contributed by atoms with Gasteiger partial charge >= 0.3 is 0 Å². The molecule has 0 atom stereocenters. The molecule has 3 aromatic rings. The van der Waals surface area contributed by atoms with Gasteiger partial charge in [0.25, 0.3) is 5.91 Å². The van der Waals surface area contributed by atoms with Gasteiger partial charge in [-0.3, -0.25) is 4.79 Å². The molecule has 0 unspecified atom stereocenters. The van der Waals surface area contributed by atoms with Crippen molar-refractivity contribution in [3.05, 3.63) is 99.1 Å². The lowest BCUT2D eigenvalue weighted by atomic mass is 10.1. The van der Waals surface area contributed by atoms with E-state index in [0.29, 0.717) is 23.1 Å². The van der Waals surface area contributed by atoms with E-state index in [9.17, 15) is 10.1 Å². The van der Waals surface area contributed by atoms with Gasteiger partial charge in [0.05, 0.1) is 0 Å². The quantitative estimate of drug-likeness (QED) is 0.364. The molecule has 1 N–H and O–H groups in total. The first-order valence-electron chi connectivity index (χ1n) is 9.84. The number of amides is 1. The molecule has 5 heteroatoms. The van der Waals surface area contributed by atoms with Crippen molar-refractivity contribution < 1.29 is 9.53 Å². The minimum Gasteiger partial charge on any atom is -0.489 e. The molecule has 31 heavy (non-hydrogen) atoms. The van der Waals surface area contributed by atoms with Crippen LogP contribution in [0.5, 0.6) is 5.75 Å². The standard InChI is InChI=1S/C26H23ClN2O2/c1-17-7-8-21(13-18(17)2)16-31-23-11-9-20(10-12-23)14-22(15-28)26(30)29-25-6-4-5-24(27)19(25)3/h4-14H,16H2,1-3H3,(H,29,30)/b22-14+. The first kappa shape index (κ1) is 22.1. The highest BCUT2D eigenvalue weighted by Gasteiger charge is 2.12. The molecular weight excluding hydrogens is 408 g/mol. The Balaban J connectivity index is 1.67. The summed E-state index contributed by atoms with van der Waals surface area (Å²) in [5.41, 5.74) is 5.65. The number of halogens is 1. The Bertz CT molecular complexity index is 1180. The lowest BCUT2D eigenvalue weighted by Gasteiger charge is -2.09. The summed E-state index contributed by atoms with van der Waals surface area (Å²) in [6.45, 7) is 6.44. The van der Waals surface area contributed by atoms with Crippen LogP contribution in [0.2, 0.25) is 5.02 Å². The van der Waals surface area contributed by atoms with E-state index in [1.54, 1.807) is 24.3 Å². The van der Waals surface area contributed by atoms with Crippen LogP contribution in [-0.2, 0) is 11.4 Å². The van der Waals surface area contributed by atoms with Gasteiger partial charge in [0.2, 0.25) is 0 Å². The van der Waals surface area contributed by atoms with E-state index < -0.39 is 5.91 Å². The van der Waals surface area contributed by atoms with Gasteiger partial charge in [0.15, 0.2) is 0 Å². The number of carbonyl (C=O) groups is 1. The number of rotatable bonds is 6. The third-order valence-corrected chi connectivity index (χ3v) is 5.46. The molecule has 0 saturated heterocycles. The molecule has 0 bridgehead atoms. The van der Waals surface area contributed by atoms with Crippen molar-refractivity contribution in [3.63, 3.8) is 0 Å². The number of anilines is 1. The maximum absolute atomic E-state index is 12.5. The zero-order chi connectivity index (χ0) is 22.4. The lowest BCUT2D eigenvalue weighted by Crippen LogP contribution is -2.14. The van der Waals surface area contributed by atoms with Crippen molar-refractivity contribution in [1.29, 1.82) is 5.26 Å². The number of nitrogens with one attached hydrogen (secondary N) is 1. The summed E-state index contributed by atoms with van der Waals surface area (Å²) in [5.74, 6) is 0.232. The molecule has 0 aliphatic heterocycles. The fraction of sp³-hybridized carbons (Fsp3) is 0.154. The van der Waals surface area contributed by atoms with Gasteiger partial charge in [0, 0.05) is 10.7 Å². The zero-order valence-corrected chi connectivity index (χ0v) is 18.5. The number of benzene rings is 3. The summed E-state index contributed by atoms with van der Waals surface area (Å²) in [7, 11) is 0. The van der Waals surface area contributed by atoms with Gasteiger partial charge in [-0.1, -0.05) is 48.0 Å². The van der Waals surface area contributed by atoms with Crippen LogP contribution in [-0.4, -0.2) is 5.91 Å². The number of ether oxygens (including phenoxy) is 1. The van der Waals surface area contributed by atoms with Gasteiger partial charge in [-0.25, -0.2) is 0 Å². The average molecular weight is 431 g/mol. The first-order chi connectivity index (χ1) is 14.9. The average Bonchev–Trinajstić information content (AvgIpc) is 2.76. The summed E-state index contributed by atoms with van der Waals surface area (Å²) in [5, 5.41) is 12.7. The molecule has 0 spiro atoms. The van der Waals surface area contributed by atoms with Crippen LogP contribution in [0.25, 0.3) is 6.08 Å². The normalized spacial score (nSPS) is 11.0. The van der Waals surface area contributed by atoms with Gasteiger partial charge in [-0.05, 0) is 78.9 Å². The molecule has 0 aliphatic rings. The molecular formula is C26H23ClN2O2. The lowest BCUT2D eigenvalue weighted by molar-refractivity contribution is -0.112. The molecule has 156 valence electrons. The van der Waals surface area contributed by atoms with Crippen molar-refractivity contribution in [1.82, 2.24) is 0 Å². The van der Waals surface area contributed by atoms with Gasteiger partial charge in [0.1, 0.15) is 24.0 Å². The van der Waals surface area contributed by atoms with Crippen molar-refractivity contribution in [2.24, 2.45) is 0 Å². The molecule has 0 radical (unpaired) electrons. The maximum Gasteiger partial charge on any atom is 0.266 e. The summed E-state index contributed by atoms with van der Waals surface area (Å²) in [4.78, 5) is 12.5.